The van der Waals surface area contributed by atoms with Gasteiger partial charge in [-0.2, -0.15) is 0 Å². The van der Waals surface area contributed by atoms with Crippen LogP contribution in [-0.4, -0.2) is 36.9 Å². The summed E-state index contributed by atoms with van der Waals surface area (Å²) >= 11 is 5.77. The van der Waals surface area contributed by atoms with Crippen molar-refractivity contribution in [1.82, 2.24) is 4.90 Å². The summed E-state index contributed by atoms with van der Waals surface area (Å²) in [6.45, 7) is -0.415. The van der Waals surface area contributed by atoms with E-state index in [0.29, 0.717) is 10.7 Å². The van der Waals surface area contributed by atoms with Gasteiger partial charge in [0.15, 0.2) is 6.61 Å². The summed E-state index contributed by atoms with van der Waals surface area (Å²) in [5.74, 6) is -0.942. The number of ether oxygens (including phenoxy) is 1. The fourth-order valence-corrected chi connectivity index (χ4v) is 1.98. The lowest BCUT2D eigenvalue weighted by molar-refractivity contribution is -0.135. The second-order valence-corrected chi connectivity index (χ2v) is 5.49. The predicted octanol–water partition coefficient (Wildman–Crippen LogP) is 2.96. The van der Waals surface area contributed by atoms with Crippen LogP contribution in [0.15, 0.2) is 48.5 Å². The quantitative estimate of drug-likeness (QED) is 0.871. The van der Waals surface area contributed by atoms with Crippen molar-refractivity contribution in [2.45, 2.75) is 0 Å². The van der Waals surface area contributed by atoms with Crippen LogP contribution >= 0.6 is 11.6 Å². The second-order valence-electron chi connectivity index (χ2n) is 5.05. The van der Waals surface area contributed by atoms with Crippen LogP contribution in [0.1, 0.15) is 0 Å². The largest absolute Gasteiger partial charge is 0.484 e. The maximum Gasteiger partial charge on any atom is 0.260 e. The Kier molecular flexibility index (Phi) is 6.14. The number of carbonyl (C=O) groups excluding carboxylic acids is 2. The molecule has 0 bridgehead atoms. The highest BCUT2D eigenvalue weighted by Crippen LogP contribution is 2.13. The molecule has 2 aromatic carbocycles. The van der Waals surface area contributed by atoms with Crippen molar-refractivity contribution in [2.24, 2.45) is 0 Å². The van der Waals surface area contributed by atoms with Crippen molar-refractivity contribution in [3.63, 3.8) is 0 Å². The molecule has 0 aromatic heterocycles. The van der Waals surface area contributed by atoms with Crippen LogP contribution in [0.25, 0.3) is 0 Å². The number of amides is 2. The molecular weight excluding hydrogens is 335 g/mol. The molecule has 0 saturated heterocycles. The zero-order valence-corrected chi connectivity index (χ0v) is 13.7. The topological polar surface area (TPSA) is 58.6 Å². The third-order valence-electron chi connectivity index (χ3n) is 3.09. The van der Waals surface area contributed by atoms with E-state index in [2.05, 4.69) is 5.32 Å². The molecule has 0 aliphatic carbocycles. The summed E-state index contributed by atoms with van der Waals surface area (Å²) in [5, 5.41) is 3.22. The molecule has 126 valence electrons. The van der Waals surface area contributed by atoms with Gasteiger partial charge in [0.25, 0.3) is 5.91 Å². The Labute approximate surface area is 144 Å². The van der Waals surface area contributed by atoms with Crippen LogP contribution < -0.4 is 10.1 Å². The Morgan fingerprint density at radius 2 is 1.92 bits per heavy atom. The molecule has 0 atom stereocenters. The lowest BCUT2D eigenvalue weighted by Gasteiger charge is -2.17. The van der Waals surface area contributed by atoms with Crippen molar-refractivity contribution >= 4 is 29.1 Å². The number of likely N-dealkylation sites (N-methyl/N-ethyl adjacent to an activating group) is 1. The smallest absolute Gasteiger partial charge is 0.260 e. The van der Waals surface area contributed by atoms with E-state index in [9.17, 15) is 14.0 Å². The first kappa shape index (κ1) is 17.7. The van der Waals surface area contributed by atoms with E-state index in [1.165, 1.54) is 30.1 Å². The molecule has 0 aliphatic rings. The van der Waals surface area contributed by atoms with Gasteiger partial charge in [0.2, 0.25) is 5.91 Å². The summed E-state index contributed by atoms with van der Waals surface area (Å²) in [6.07, 6.45) is 0. The van der Waals surface area contributed by atoms with E-state index in [-0.39, 0.29) is 24.8 Å². The number of carbonyl (C=O) groups is 2. The normalized spacial score (nSPS) is 10.1. The molecule has 0 saturated carbocycles. The van der Waals surface area contributed by atoms with Crippen molar-refractivity contribution < 1.29 is 18.7 Å². The molecule has 24 heavy (non-hydrogen) atoms. The fraction of sp³-hybridized carbons (Fsp3) is 0.176. The highest BCUT2D eigenvalue weighted by molar-refractivity contribution is 6.30. The standard InChI is InChI=1S/C17H16ClFN2O3/c1-21(10-16(22)20-14-7-5-12(18)6-8-14)17(23)11-24-15-4-2-3-13(19)9-15/h2-9H,10-11H2,1H3,(H,20,22). The van der Waals surface area contributed by atoms with Crippen LogP contribution in [0, 0.1) is 5.82 Å². The summed E-state index contributed by atoms with van der Waals surface area (Å²) in [7, 11) is 1.48. The number of hydrogen-bond donors (Lipinski definition) is 1. The highest BCUT2D eigenvalue weighted by atomic mass is 35.5. The maximum absolute atomic E-state index is 13.0. The fourth-order valence-electron chi connectivity index (χ4n) is 1.85. The Hall–Kier alpha value is -2.60. The molecule has 2 amide bonds. The third-order valence-corrected chi connectivity index (χ3v) is 3.34. The van der Waals surface area contributed by atoms with Gasteiger partial charge >= 0.3 is 0 Å². The molecule has 0 unspecified atom stereocenters. The van der Waals surface area contributed by atoms with E-state index in [4.69, 9.17) is 16.3 Å². The van der Waals surface area contributed by atoms with Gasteiger partial charge in [-0.25, -0.2) is 4.39 Å². The number of nitrogens with zero attached hydrogens (tertiary/aromatic N) is 1. The molecule has 1 N–H and O–H groups in total. The van der Waals surface area contributed by atoms with E-state index >= 15 is 0 Å². The minimum atomic E-state index is -0.448. The molecule has 0 radical (unpaired) electrons. The zero-order valence-electron chi connectivity index (χ0n) is 13.0. The van der Waals surface area contributed by atoms with Crippen molar-refractivity contribution in [1.29, 1.82) is 0 Å². The van der Waals surface area contributed by atoms with E-state index in [1.807, 2.05) is 0 Å². The Balaban J connectivity index is 1.80. The van der Waals surface area contributed by atoms with Gasteiger partial charge in [0, 0.05) is 23.8 Å². The minimum Gasteiger partial charge on any atom is -0.484 e. The minimum absolute atomic E-state index is 0.131. The summed E-state index contributed by atoms with van der Waals surface area (Å²) in [6, 6.07) is 12.1. The third kappa shape index (κ3) is 5.55. The van der Waals surface area contributed by atoms with Crippen molar-refractivity contribution in [3.8, 4) is 5.75 Å². The monoisotopic (exact) mass is 350 g/mol. The first-order chi connectivity index (χ1) is 11.4. The Bertz CT molecular complexity index is 722. The predicted molar refractivity (Wildman–Crippen MR) is 89.6 cm³/mol. The summed E-state index contributed by atoms with van der Waals surface area (Å²) in [5.41, 5.74) is 0.584. The van der Waals surface area contributed by atoms with E-state index < -0.39 is 11.7 Å². The molecule has 5 nitrogen and oxygen atoms in total. The van der Waals surface area contributed by atoms with Crippen LogP contribution in [-0.2, 0) is 9.59 Å². The van der Waals surface area contributed by atoms with Gasteiger partial charge in [-0.05, 0) is 36.4 Å². The van der Waals surface area contributed by atoms with Gasteiger partial charge in [0.05, 0.1) is 6.54 Å². The molecule has 2 rings (SSSR count). The zero-order chi connectivity index (χ0) is 17.5. The van der Waals surface area contributed by atoms with Gasteiger partial charge in [-0.3, -0.25) is 9.59 Å². The number of rotatable bonds is 6. The molecule has 0 fully saturated rings. The van der Waals surface area contributed by atoms with Crippen LogP contribution in [0.5, 0.6) is 5.75 Å². The summed E-state index contributed by atoms with van der Waals surface area (Å²) in [4.78, 5) is 25.1. The second kappa shape index (κ2) is 8.31. The Morgan fingerprint density at radius 1 is 1.21 bits per heavy atom. The van der Waals surface area contributed by atoms with E-state index in [1.54, 1.807) is 30.3 Å². The number of benzene rings is 2. The van der Waals surface area contributed by atoms with Gasteiger partial charge in [-0.1, -0.05) is 17.7 Å². The maximum atomic E-state index is 13.0. The van der Waals surface area contributed by atoms with Crippen LogP contribution in [0.3, 0.4) is 0 Å². The lowest BCUT2D eigenvalue weighted by Crippen LogP contribution is -2.37. The van der Waals surface area contributed by atoms with Crippen LogP contribution in [0.4, 0.5) is 10.1 Å². The van der Waals surface area contributed by atoms with Crippen molar-refractivity contribution in [3.05, 3.63) is 59.4 Å². The Morgan fingerprint density at radius 3 is 2.58 bits per heavy atom. The van der Waals surface area contributed by atoms with Crippen molar-refractivity contribution in [2.75, 3.05) is 25.5 Å². The average molecular weight is 351 g/mol. The molecule has 0 heterocycles. The number of halogens is 2. The SMILES string of the molecule is CN(CC(=O)Nc1ccc(Cl)cc1)C(=O)COc1cccc(F)c1. The highest BCUT2D eigenvalue weighted by Gasteiger charge is 2.14. The molecular formula is C17H16ClFN2O3. The molecule has 2 aromatic rings. The van der Waals surface area contributed by atoms with Crippen LogP contribution in [0.2, 0.25) is 5.02 Å². The first-order valence-electron chi connectivity index (χ1n) is 7.12. The first-order valence-corrected chi connectivity index (χ1v) is 7.49. The lowest BCUT2D eigenvalue weighted by atomic mass is 10.3. The van der Waals surface area contributed by atoms with Gasteiger partial charge in [-0.15, -0.1) is 0 Å². The molecule has 7 heteroatoms. The number of hydrogen-bond acceptors (Lipinski definition) is 3. The summed E-state index contributed by atoms with van der Waals surface area (Å²) < 4.78 is 18.2. The number of anilines is 1. The molecule has 0 spiro atoms. The number of nitrogens with one attached hydrogen (secondary N) is 1. The van der Waals surface area contributed by atoms with Gasteiger partial charge < -0.3 is 15.0 Å². The van der Waals surface area contributed by atoms with Gasteiger partial charge in [0.1, 0.15) is 11.6 Å². The molecule has 0 aliphatic heterocycles. The van der Waals surface area contributed by atoms with E-state index in [0.717, 1.165) is 0 Å². The average Bonchev–Trinajstić information content (AvgIpc) is 2.54.